The van der Waals surface area contributed by atoms with E-state index in [0.29, 0.717) is 11.3 Å². The molecule has 4 rings (SSSR count). The lowest BCUT2D eigenvalue weighted by Gasteiger charge is -2.18. The van der Waals surface area contributed by atoms with Crippen molar-refractivity contribution in [3.8, 4) is 0 Å². The number of rotatable bonds is 5. The highest BCUT2D eigenvalue weighted by Crippen LogP contribution is 2.18. The van der Waals surface area contributed by atoms with Gasteiger partial charge in [-0.3, -0.25) is 9.78 Å². The maximum atomic E-state index is 12.5. The highest BCUT2D eigenvalue weighted by molar-refractivity contribution is 6.04. The summed E-state index contributed by atoms with van der Waals surface area (Å²) in [6.07, 6.45) is 3.26. The van der Waals surface area contributed by atoms with E-state index < -0.39 is 0 Å². The van der Waals surface area contributed by atoms with Gasteiger partial charge in [-0.15, -0.1) is 0 Å². The normalized spacial score (nSPS) is 10.6. The molecule has 0 spiro atoms. The van der Waals surface area contributed by atoms with Crippen LogP contribution in [-0.4, -0.2) is 22.9 Å². The standard InChI is InChI=1S/C23H20N4O/c1-27(16-17-7-3-2-4-8-17)22-12-11-19(14-25-22)23(28)26-20-13-18-9-5-6-10-21(18)24-15-20/h2-15H,16H2,1H3,(H,26,28). The van der Waals surface area contributed by atoms with Crippen LogP contribution in [0.2, 0.25) is 0 Å². The summed E-state index contributed by atoms with van der Waals surface area (Å²) in [6.45, 7) is 0.752. The molecule has 4 aromatic rings. The molecule has 0 unspecified atom stereocenters. The molecule has 0 fully saturated rings. The predicted octanol–water partition coefficient (Wildman–Crippen LogP) is 4.52. The van der Waals surface area contributed by atoms with Crippen LogP contribution in [0, 0.1) is 0 Å². The lowest BCUT2D eigenvalue weighted by Crippen LogP contribution is -2.18. The van der Waals surface area contributed by atoms with Crippen molar-refractivity contribution in [2.75, 3.05) is 17.3 Å². The second-order valence-corrected chi connectivity index (χ2v) is 6.62. The molecule has 0 atom stereocenters. The van der Waals surface area contributed by atoms with Crippen molar-refractivity contribution in [1.29, 1.82) is 0 Å². The number of nitrogens with one attached hydrogen (secondary N) is 1. The Kier molecular flexibility index (Phi) is 4.97. The SMILES string of the molecule is CN(Cc1ccccc1)c1ccc(C(=O)Nc2cnc3ccccc3c2)cn1. The van der Waals surface area contributed by atoms with Crippen molar-refractivity contribution in [2.24, 2.45) is 0 Å². The molecule has 28 heavy (non-hydrogen) atoms. The van der Waals surface area contributed by atoms with Crippen molar-refractivity contribution in [1.82, 2.24) is 9.97 Å². The predicted molar refractivity (Wildman–Crippen MR) is 112 cm³/mol. The molecule has 0 saturated heterocycles. The van der Waals surface area contributed by atoms with Gasteiger partial charge >= 0.3 is 0 Å². The van der Waals surface area contributed by atoms with E-state index in [1.54, 1.807) is 18.5 Å². The van der Waals surface area contributed by atoms with Crippen LogP contribution in [0.4, 0.5) is 11.5 Å². The molecule has 0 saturated carbocycles. The van der Waals surface area contributed by atoms with Crippen molar-refractivity contribution in [2.45, 2.75) is 6.54 Å². The zero-order chi connectivity index (χ0) is 19.3. The van der Waals surface area contributed by atoms with Crippen LogP contribution in [-0.2, 0) is 6.54 Å². The Balaban J connectivity index is 1.44. The molecule has 1 N–H and O–H groups in total. The van der Waals surface area contributed by atoms with Gasteiger partial charge in [-0.1, -0.05) is 48.5 Å². The van der Waals surface area contributed by atoms with Crippen LogP contribution >= 0.6 is 0 Å². The number of aromatic nitrogens is 2. The van der Waals surface area contributed by atoms with Crippen molar-refractivity contribution < 1.29 is 4.79 Å². The van der Waals surface area contributed by atoms with Crippen molar-refractivity contribution in [3.05, 3.63) is 96.3 Å². The summed E-state index contributed by atoms with van der Waals surface area (Å²) in [7, 11) is 1.98. The molecule has 138 valence electrons. The third kappa shape index (κ3) is 3.99. The van der Waals surface area contributed by atoms with Crippen LogP contribution in [0.15, 0.2) is 85.2 Å². The summed E-state index contributed by atoms with van der Waals surface area (Å²) in [5.74, 6) is 0.606. The molecule has 0 radical (unpaired) electrons. The summed E-state index contributed by atoms with van der Waals surface area (Å²) in [5, 5.41) is 3.87. The molecule has 0 bridgehead atoms. The lowest BCUT2D eigenvalue weighted by atomic mass is 10.2. The number of benzene rings is 2. The highest BCUT2D eigenvalue weighted by Gasteiger charge is 2.09. The Hall–Kier alpha value is -3.73. The number of carbonyl (C=O) groups is 1. The van der Waals surface area contributed by atoms with Gasteiger partial charge in [0.15, 0.2) is 0 Å². The number of pyridine rings is 2. The third-order valence-electron chi connectivity index (χ3n) is 4.51. The Morgan fingerprint density at radius 2 is 1.71 bits per heavy atom. The van der Waals surface area contributed by atoms with Crippen molar-refractivity contribution in [3.63, 3.8) is 0 Å². The molecule has 2 aromatic carbocycles. The van der Waals surface area contributed by atoms with Gasteiger partial charge in [0.25, 0.3) is 5.91 Å². The Morgan fingerprint density at radius 1 is 0.929 bits per heavy atom. The fourth-order valence-corrected chi connectivity index (χ4v) is 3.03. The minimum absolute atomic E-state index is 0.207. The molecule has 1 amide bonds. The van der Waals surface area contributed by atoms with Crippen LogP contribution < -0.4 is 10.2 Å². The van der Waals surface area contributed by atoms with Gasteiger partial charge in [-0.25, -0.2) is 4.98 Å². The minimum atomic E-state index is -0.207. The van der Waals surface area contributed by atoms with Gasteiger partial charge < -0.3 is 10.2 Å². The van der Waals surface area contributed by atoms with Crippen LogP contribution in [0.5, 0.6) is 0 Å². The van der Waals surface area contributed by atoms with Crippen LogP contribution in [0.1, 0.15) is 15.9 Å². The first-order valence-electron chi connectivity index (χ1n) is 9.06. The van der Waals surface area contributed by atoms with Gasteiger partial charge in [-0.05, 0) is 29.8 Å². The number of nitrogens with zero attached hydrogens (tertiary/aromatic N) is 3. The monoisotopic (exact) mass is 368 g/mol. The smallest absolute Gasteiger partial charge is 0.257 e. The number of hydrogen-bond acceptors (Lipinski definition) is 4. The Morgan fingerprint density at radius 3 is 2.50 bits per heavy atom. The number of para-hydroxylation sites is 1. The van der Waals surface area contributed by atoms with E-state index >= 15 is 0 Å². The molecule has 0 aliphatic rings. The number of carbonyl (C=O) groups excluding carboxylic acids is 1. The largest absolute Gasteiger partial charge is 0.355 e. The quantitative estimate of drug-likeness (QED) is 0.563. The summed E-state index contributed by atoms with van der Waals surface area (Å²) in [6, 6.07) is 23.6. The maximum absolute atomic E-state index is 12.5. The third-order valence-corrected chi connectivity index (χ3v) is 4.51. The molecule has 2 aromatic heterocycles. The molecular weight excluding hydrogens is 348 g/mol. The van der Waals surface area contributed by atoms with Gasteiger partial charge in [0, 0.05) is 25.2 Å². The number of fused-ring (bicyclic) bond motifs is 1. The topological polar surface area (TPSA) is 58.1 Å². The first kappa shape index (κ1) is 17.7. The summed E-state index contributed by atoms with van der Waals surface area (Å²) >= 11 is 0. The lowest BCUT2D eigenvalue weighted by molar-refractivity contribution is 0.102. The molecule has 0 aliphatic carbocycles. The average Bonchev–Trinajstić information content (AvgIpc) is 2.74. The summed E-state index contributed by atoms with van der Waals surface area (Å²) < 4.78 is 0. The summed E-state index contributed by atoms with van der Waals surface area (Å²) in [4.78, 5) is 23.4. The van der Waals surface area contributed by atoms with E-state index in [4.69, 9.17) is 0 Å². The molecule has 0 aliphatic heterocycles. The van der Waals surface area contributed by atoms with Crippen LogP contribution in [0.25, 0.3) is 10.9 Å². The second kappa shape index (κ2) is 7.88. The fourth-order valence-electron chi connectivity index (χ4n) is 3.03. The van der Waals surface area contributed by atoms with E-state index in [2.05, 4.69) is 27.4 Å². The Bertz CT molecular complexity index is 1090. The molecule has 2 heterocycles. The molecular formula is C23H20N4O. The molecule has 5 nitrogen and oxygen atoms in total. The van der Waals surface area contributed by atoms with Crippen molar-refractivity contribution >= 4 is 28.3 Å². The highest BCUT2D eigenvalue weighted by atomic mass is 16.1. The van der Waals surface area contributed by atoms with Crippen LogP contribution in [0.3, 0.4) is 0 Å². The first-order valence-corrected chi connectivity index (χ1v) is 9.06. The average molecular weight is 368 g/mol. The zero-order valence-electron chi connectivity index (χ0n) is 15.5. The van der Waals surface area contributed by atoms with E-state index in [1.165, 1.54) is 5.56 Å². The zero-order valence-corrected chi connectivity index (χ0v) is 15.5. The van der Waals surface area contributed by atoms with Gasteiger partial charge in [0.05, 0.1) is 23.0 Å². The first-order chi connectivity index (χ1) is 13.7. The van der Waals surface area contributed by atoms with Gasteiger partial charge in [0.1, 0.15) is 5.82 Å². The Labute approximate surface area is 163 Å². The van der Waals surface area contributed by atoms with E-state index in [9.17, 15) is 4.79 Å². The van der Waals surface area contributed by atoms with E-state index in [-0.39, 0.29) is 5.91 Å². The number of anilines is 2. The second-order valence-electron chi connectivity index (χ2n) is 6.62. The fraction of sp³-hybridized carbons (Fsp3) is 0.0870. The minimum Gasteiger partial charge on any atom is -0.355 e. The maximum Gasteiger partial charge on any atom is 0.257 e. The number of amides is 1. The molecule has 5 heteroatoms. The van der Waals surface area contributed by atoms with E-state index in [1.807, 2.05) is 66.5 Å². The van der Waals surface area contributed by atoms with E-state index in [0.717, 1.165) is 23.3 Å². The summed E-state index contributed by atoms with van der Waals surface area (Å²) in [5.41, 5.74) is 3.27. The van der Waals surface area contributed by atoms with Gasteiger partial charge in [0.2, 0.25) is 0 Å². The number of hydrogen-bond donors (Lipinski definition) is 1. The van der Waals surface area contributed by atoms with Gasteiger partial charge in [-0.2, -0.15) is 0 Å².